The molecule has 1 aromatic heterocycles. The topological polar surface area (TPSA) is 42.4 Å². The summed E-state index contributed by atoms with van der Waals surface area (Å²) < 4.78 is 6.21. The Morgan fingerprint density at radius 3 is 2.75 bits per heavy atom. The lowest BCUT2D eigenvalue weighted by Crippen LogP contribution is -2.40. The van der Waals surface area contributed by atoms with Gasteiger partial charge in [0.2, 0.25) is 5.91 Å². The highest BCUT2D eigenvalue weighted by atomic mass is 35.5. The van der Waals surface area contributed by atoms with Crippen LogP contribution in [-0.4, -0.2) is 35.0 Å². The largest absolute Gasteiger partial charge is 0.495 e. The average molecular weight is 397 g/mol. The van der Waals surface area contributed by atoms with Crippen LogP contribution < -0.4 is 0 Å². The molecule has 1 saturated heterocycles. The molecular formula is C23H25ClN2O2. The quantitative estimate of drug-likeness (QED) is 0.697. The van der Waals surface area contributed by atoms with Crippen LogP contribution in [0.15, 0.2) is 48.4 Å². The minimum absolute atomic E-state index is 0.219. The molecule has 2 aromatic rings. The number of hydrogen-bond acceptors (Lipinski definition) is 3. The predicted molar refractivity (Wildman–Crippen MR) is 113 cm³/mol. The lowest BCUT2D eigenvalue weighted by atomic mass is 9.95. The van der Waals surface area contributed by atoms with Gasteiger partial charge >= 0.3 is 0 Å². The fourth-order valence-corrected chi connectivity index (χ4v) is 4.08. The Balaban J connectivity index is 1.39. The normalized spacial score (nSPS) is 18.0. The number of likely N-dealkylation sites (tertiary alicyclic amines) is 1. The number of pyridine rings is 1. The van der Waals surface area contributed by atoms with Crippen LogP contribution in [0.1, 0.15) is 44.6 Å². The Morgan fingerprint density at radius 2 is 2.04 bits per heavy atom. The molecule has 5 heteroatoms. The van der Waals surface area contributed by atoms with Gasteiger partial charge in [0.15, 0.2) is 0 Å². The van der Waals surface area contributed by atoms with Gasteiger partial charge in [0.25, 0.3) is 0 Å². The van der Waals surface area contributed by atoms with Crippen LogP contribution in [-0.2, 0) is 9.53 Å². The number of benzene rings is 1. The summed E-state index contributed by atoms with van der Waals surface area (Å²) >= 11 is 6.02. The number of carbonyl (C=O) groups excluding carboxylic acids is 1. The van der Waals surface area contributed by atoms with E-state index in [1.54, 1.807) is 6.20 Å². The summed E-state index contributed by atoms with van der Waals surface area (Å²) in [6, 6.07) is 8.27. The third kappa shape index (κ3) is 4.22. The van der Waals surface area contributed by atoms with E-state index in [9.17, 15) is 4.79 Å². The van der Waals surface area contributed by atoms with Gasteiger partial charge in [0.1, 0.15) is 6.10 Å². The monoisotopic (exact) mass is 396 g/mol. The van der Waals surface area contributed by atoms with E-state index in [-0.39, 0.29) is 12.0 Å². The molecule has 2 aliphatic rings. The number of hydrogen-bond donors (Lipinski definition) is 0. The second-order valence-corrected chi connectivity index (χ2v) is 7.87. The van der Waals surface area contributed by atoms with Crippen LogP contribution in [0.25, 0.3) is 16.5 Å². The molecule has 0 unspecified atom stereocenters. The van der Waals surface area contributed by atoms with E-state index in [0.29, 0.717) is 11.4 Å². The molecule has 0 spiro atoms. The third-order valence-electron chi connectivity index (χ3n) is 5.55. The molecule has 1 aliphatic carbocycles. The van der Waals surface area contributed by atoms with Gasteiger partial charge in [-0.1, -0.05) is 36.7 Å². The molecule has 0 saturated carbocycles. The summed E-state index contributed by atoms with van der Waals surface area (Å²) in [4.78, 5) is 18.2. The average Bonchev–Trinajstić information content (AvgIpc) is 2.74. The highest BCUT2D eigenvalue weighted by Gasteiger charge is 2.24. The number of allylic oxidation sites excluding steroid dienone is 4. The van der Waals surface area contributed by atoms with Gasteiger partial charge in [-0.2, -0.15) is 0 Å². The molecule has 1 aromatic carbocycles. The highest BCUT2D eigenvalue weighted by Crippen LogP contribution is 2.31. The smallest absolute Gasteiger partial charge is 0.222 e. The molecule has 4 rings (SSSR count). The summed E-state index contributed by atoms with van der Waals surface area (Å²) in [5.41, 5.74) is 3.46. The molecule has 28 heavy (non-hydrogen) atoms. The molecule has 1 aliphatic heterocycles. The molecule has 4 nitrogen and oxygen atoms in total. The molecule has 2 heterocycles. The summed E-state index contributed by atoms with van der Waals surface area (Å²) in [5, 5.41) is 1.71. The standard InChI is InChI=1S/C23H25ClN2O2/c1-2-23(27)26-11-9-21(10-12-26)28-20-7-5-16(6-8-20)17-3-4-18-13-19(24)15-25-22(18)14-17/h3-5,7,13-15,21H,2,6,8-12H2,1H3. The fraction of sp³-hybridized carbons (Fsp3) is 0.391. The zero-order valence-electron chi connectivity index (χ0n) is 16.2. The molecule has 0 bridgehead atoms. The lowest BCUT2D eigenvalue weighted by molar-refractivity contribution is -0.133. The van der Waals surface area contributed by atoms with E-state index in [1.807, 2.05) is 17.9 Å². The first-order chi connectivity index (χ1) is 13.6. The molecule has 0 atom stereocenters. The summed E-state index contributed by atoms with van der Waals surface area (Å²) in [6.07, 6.45) is 10.4. The number of fused-ring (bicyclic) bond motifs is 1. The Kier molecular flexibility index (Phi) is 5.67. The number of halogens is 1. The second kappa shape index (κ2) is 8.36. The SMILES string of the molecule is CCC(=O)N1CCC(OC2=CC=C(c3ccc4cc(Cl)cnc4c3)CC2)CC1. The highest BCUT2D eigenvalue weighted by molar-refractivity contribution is 6.31. The first-order valence-electron chi connectivity index (χ1n) is 10.0. The van der Waals surface area contributed by atoms with Crippen molar-refractivity contribution in [3.8, 4) is 0 Å². The van der Waals surface area contributed by atoms with E-state index >= 15 is 0 Å². The van der Waals surface area contributed by atoms with E-state index in [2.05, 4.69) is 35.3 Å². The molecule has 0 radical (unpaired) electrons. The summed E-state index contributed by atoms with van der Waals surface area (Å²) in [5.74, 6) is 1.30. The Morgan fingerprint density at radius 1 is 1.21 bits per heavy atom. The Hall–Kier alpha value is -2.33. The van der Waals surface area contributed by atoms with Gasteiger partial charge in [-0.05, 0) is 35.8 Å². The van der Waals surface area contributed by atoms with Crippen LogP contribution in [0.2, 0.25) is 5.02 Å². The van der Waals surface area contributed by atoms with E-state index in [0.717, 1.165) is 55.4 Å². The molecule has 0 N–H and O–H groups in total. The molecular weight excluding hydrogens is 372 g/mol. The maximum atomic E-state index is 11.8. The van der Waals surface area contributed by atoms with Crippen molar-refractivity contribution in [2.75, 3.05) is 13.1 Å². The van der Waals surface area contributed by atoms with E-state index in [4.69, 9.17) is 16.3 Å². The number of ether oxygens (including phenoxy) is 1. The fourth-order valence-electron chi connectivity index (χ4n) is 3.91. The van der Waals surface area contributed by atoms with Crippen molar-refractivity contribution in [3.05, 3.63) is 59.0 Å². The van der Waals surface area contributed by atoms with Gasteiger partial charge in [0.05, 0.1) is 16.3 Å². The van der Waals surface area contributed by atoms with Gasteiger partial charge in [-0.25, -0.2) is 0 Å². The first kappa shape index (κ1) is 19.0. The second-order valence-electron chi connectivity index (χ2n) is 7.44. The van der Waals surface area contributed by atoms with Crippen LogP contribution in [0.5, 0.6) is 0 Å². The number of aromatic nitrogens is 1. The minimum Gasteiger partial charge on any atom is -0.495 e. The van der Waals surface area contributed by atoms with Crippen molar-refractivity contribution in [1.82, 2.24) is 9.88 Å². The lowest BCUT2D eigenvalue weighted by Gasteiger charge is -2.33. The van der Waals surface area contributed by atoms with Crippen LogP contribution in [0, 0.1) is 0 Å². The number of carbonyl (C=O) groups is 1. The van der Waals surface area contributed by atoms with Crippen molar-refractivity contribution in [3.63, 3.8) is 0 Å². The van der Waals surface area contributed by atoms with Crippen molar-refractivity contribution in [2.45, 2.75) is 45.1 Å². The van der Waals surface area contributed by atoms with Crippen LogP contribution in [0.4, 0.5) is 0 Å². The van der Waals surface area contributed by atoms with E-state index < -0.39 is 0 Å². The van der Waals surface area contributed by atoms with Crippen molar-refractivity contribution >= 4 is 34.0 Å². The number of amides is 1. The summed E-state index contributed by atoms with van der Waals surface area (Å²) in [7, 11) is 0. The van der Waals surface area contributed by atoms with Gasteiger partial charge < -0.3 is 9.64 Å². The Bertz CT molecular complexity index is 943. The Labute approximate surface area is 170 Å². The maximum absolute atomic E-state index is 11.8. The molecule has 146 valence electrons. The third-order valence-corrected chi connectivity index (χ3v) is 5.75. The predicted octanol–water partition coefficient (Wildman–Crippen LogP) is 5.37. The number of piperidine rings is 1. The van der Waals surface area contributed by atoms with E-state index in [1.165, 1.54) is 11.1 Å². The molecule has 1 amide bonds. The molecule has 1 fully saturated rings. The van der Waals surface area contributed by atoms with Gasteiger partial charge in [0, 0.05) is 50.4 Å². The van der Waals surface area contributed by atoms with Gasteiger partial charge in [-0.3, -0.25) is 9.78 Å². The van der Waals surface area contributed by atoms with Crippen LogP contribution >= 0.6 is 11.6 Å². The number of rotatable bonds is 4. The zero-order valence-corrected chi connectivity index (χ0v) is 16.9. The van der Waals surface area contributed by atoms with Crippen molar-refractivity contribution < 1.29 is 9.53 Å². The maximum Gasteiger partial charge on any atom is 0.222 e. The van der Waals surface area contributed by atoms with Crippen molar-refractivity contribution in [2.24, 2.45) is 0 Å². The summed E-state index contributed by atoms with van der Waals surface area (Å²) in [6.45, 7) is 3.53. The van der Waals surface area contributed by atoms with Crippen molar-refractivity contribution in [1.29, 1.82) is 0 Å². The number of nitrogens with zero attached hydrogens (tertiary/aromatic N) is 2. The van der Waals surface area contributed by atoms with Gasteiger partial charge in [-0.15, -0.1) is 0 Å². The zero-order chi connectivity index (χ0) is 19.5. The first-order valence-corrected chi connectivity index (χ1v) is 10.4. The minimum atomic E-state index is 0.219. The van der Waals surface area contributed by atoms with Crippen LogP contribution in [0.3, 0.4) is 0 Å².